The molecule has 0 bridgehead atoms. The summed E-state index contributed by atoms with van der Waals surface area (Å²) in [5.41, 5.74) is 4.19. The van der Waals surface area contributed by atoms with Crippen molar-refractivity contribution in [3.05, 3.63) is 88.2 Å². The Hall–Kier alpha value is -2.30. The minimum atomic E-state index is -0.0595. The summed E-state index contributed by atoms with van der Waals surface area (Å²) in [4.78, 5) is 17.7. The Kier molecular flexibility index (Phi) is 5.41. The second-order valence-corrected chi connectivity index (χ2v) is 6.97. The highest BCUT2D eigenvalue weighted by Crippen LogP contribution is 2.28. The predicted molar refractivity (Wildman–Crippen MR) is 105 cm³/mol. The number of hydrogen-bond acceptors (Lipinski definition) is 4. The number of anilines is 1. The van der Waals surface area contributed by atoms with Gasteiger partial charge in [-0.3, -0.25) is 9.78 Å². The molecule has 5 heteroatoms. The molecule has 126 valence electrons. The molecule has 0 saturated carbocycles. The van der Waals surface area contributed by atoms with Gasteiger partial charge in [0.2, 0.25) is 0 Å². The van der Waals surface area contributed by atoms with E-state index in [0.29, 0.717) is 16.1 Å². The molecule has 3 aromatic rings. The Morgan fingerprint density at radius 1 is 1.04 bits per heavy atom. The molecule has 25 heavy (non-hydrogen) atoms. The van der Waals surface area contributed by atoms with Crippen molar-refractivity contribution < 1.29 is 4.79 Å². The molecule has 0 aliphatic carbocycles. The molecule has 0 amide bonds. The number of nitrogens with one attached hydrogen (secondary N) is 1. The van der Waals surface area contributed by atoms with Gasteiger partial charge in [-0.1, -0.05) is 35.9 Å². The number of ketones is 1. The number of aryl methyl sites for hydroxylation is 2. The molecule has 0 aliphatic rings. The molecule has 0 fully saturated rings. The second kappa shape index (κ2) is 7.72. The van der Waals surface area contributed by atoms with Crippen molar-refractivity contribution in [2.75, 3.05) is 4.72 Å². The van der Waals surface area contributed by atoms with Crippen LogP contribution in [0.15, 0.2) is 65.8 Å². The van der Waals surface area contributed by atoms with E-state index in [1.165, 1.54) is 11.9 Å². The van der Waals surface area contributed by atoms with Crippen molar-refractivity contribution in [2.45, 2.75) is 18.7 Å². The summed E-state index contributed by atoms with van der Waals surface area (Å²) in [5, 5.41) is 0.447. The van der Waals surface area contributed by atoms with Crippen molar-refractivity contribution in [3.63, 3.8) is 0 Å². The van der Waals surface area contributed by atoms with E-state index in [2.05, 4.69) is 9.71 Å². The number of nitrogens with zero attached hydrogens (tertiary/aromatic N) is 1. The first-order chi connectivity index (χ1) is 12.1. The van der Waals surface area contributed by atoms with E-state index >= 15 is 0 Å². The van der Waals surface area contributed by atoms with Crippen LogP contribution >= 0.6 is 23.5 Å². The van der Waals surface area contributed by atoms with Crippen molar-refractivity contribution >= 4 is 35.0 Å². The topological polar surface area (TPSA) is 42.0 Å². The Bertz CT molecular complexity index is 927. The fourth-order valence-corrected chi connectivity index (χ4v) is 3.49. The van der Waals surface area contributed by atoms with Crippen LogP contribution in [0.5, 0.6) is 0 Å². The van der Waals surface area contributed by atoms with Gasteiger partial charge in [0.25, 0.3) is 0 Å². The third-order valence-electron chi connectivity index (χ3n) is 3.89. The Morgan fingerprint density at radius 2 is 1.84 bits per heavy atom. The molecular formula is C20H17ClN2OS. The first-order valence-corrected chi connectivity index (χ1v) is 8.99. The maximum absolute atomic E-state index is 12.7. The lowest BCUT2D eigenvalue weighted by molar-refractivity contribution is 0.103. The van der Waals surface area contributed by atoms with E-state index < -0.39 is 0 Å². The van der Waals surface area contributed by atoms with Gasteiger partial charge in [-0.25, -0.2) is 0 Å². The molecule has 1 aromatic heterocycles. The number of halogens is 1. The Morgan fingerprint density at radius 3 is 2.56 bits per heavy atom. The first kappa shape index (κ1) is 17.5. The fraction of sp³-hybridized carbons (Fsp3) is 0.100. The minimum absolute atomic E-state index is 0.0595. The standard InChI is InChI=1S/C20H17ClN2OS/c1-13-5-3-4-6-16(13)20(24)17-8-7-15(11-18(17)21)25-23-19-12-22-10-9-14(19)2/h3-12,23H,1-2H3. The van der Waals surface area contributed by atoms with Crippen LogP contribution in [0.2, 0.25) is 5.02 Å². The normalized spacial score (nSPS) is 10.5. The number of carbonyl (C=O) groups is 1. The average Bonchev–Trinajstić information content (AvgIpc) is 2.61. The number of benzene rings is 2. The summed E-state index contributed by atoms with van der Waals surface area (Å²) >= 11 is 7.80. The minimum Gasteiger partial charge on any atom is -0.324 e. The van der Waals surface area contributed by atoms with Gasteiger partial charge in [-0.2, -0.15) is 0 Å². The van der Waals surface area contributed by atoms with E-state index in [-0.39, 0.29) is 5.78 Å². The maximum Gasteiger partial charge on any atom is 0.194 e. The molecule has 3 nitrogen and oxygen atoms in total. The van der Waals surface area contributed by atoms with Gasteiger partial charge in [-0.15, -0.1) is 0 Å². The summed E-state index contributed by atoms with van der Waals surface area (Å²) in [5.74, 6) is -0.0595. The Balaban J connectivity index is 1.78. The molecule has 1 N–H and O–H groups in total. The van der Waals surface area contributed by atoms with Crippen LogP contribution in [-0.4, -0.2) is 10.8 Å². The quantitative estimate of drug-likeness (QED) is 0.463. The highest BCUT2D eigenvalue weighted by Gasteiger charge is 2.15. The van der Waals surface area contributed by atoms with E-state index in [1.807, 2.05) is 50.2 Å². The highest BCUT2D eigenvalue weighted by atomic mass is 35.5. The number of hydrogen-bond donors (Lipinski definition) is 1. The van der Waals surface area contributed by atoms with Crippen molar-refractivity contribution in [1.82, 2.24) is 4.98 Å². The molecule has 0 atom stereocenters. The van der Waals surface area contributed by atoms with Crippen LogP contribution in [0.4, 0.5) is 5.69 Å². The molecule has 0 saturated heterocycles. The highest BCUT2D eigenvalue weighted by molar-refractivity contribution is 8.00. The van der Waals surface area contributed by atoms with Crippen LogP contribution in [0.3, 0.4) is 0 Å². The summed E-state index contributed by atoms with van der Waals surface area (Å²) in [6.45, 7) is 3.94. The van der Waals surface area contributed by atoms with Crippen molar-refractivity contribution in [2.24, 2.45) is 0 Å². The smallest absolute Gasteiger partial charge is 0.194 e. The zero-order valence-electron chi connectivity index (χ0n) is 13.9. The van der Waals surface area contributed by atoms with Crippen LogP contribution in [0, 0.1) is 13.8 Å². The van der Waals surface area contributed by atoms with E-state index in [4.69, 9.17) is 11.6 Å². The molecule has 2 aromatic carbocycles. The van der Waals surface area contributed by atoms with Crippen LogP contribution in [0.1, 0.15) is 27.0 Å². The third kappa shape index (κ3) is 4.03. The summed E-state index contributed by atoms with van der Waals surface area (Å²) < 4.78 is 3.26. The zero-order valence-corrected chi connectivity index (χ0v) is 15.5. The van der Waals surface area contributed by atoms with Crippen molar-refractivity contribution in [3.8, 4) is 0 Å². The molecule has 0 spiro atoms. The molecule has 3 rings (SSSR count). The molecule has 0 aliphatic heterocycles. The summed E-state index contributed by atoms with van der Waals surface area (Å²) in [7, 11) is 0. The van der Waals surface area contributed by atoms with E-state index in [0.717, 1.165) is 21.7 Å². The monoisotopic (exact) mass is 368 g/mol. The van der Waals surface area contributed by atoms with Gasteiger partial charge in [0.05, 0.1) is 16.9 Å². The number of rotatable bonds is 5. The molecule has 0 radical (unpaired) electrons. The second-order valence-electron chi connectivity index (χ2n) is 5.68. The van der Waals surface area contributed by atoms with Gasteiger partial charge in [0.1, 0.15) is 0 Å². The molecular weight excluding hydrogens is 352 g/mol. The lowest BCUT2D eigenvalue weighted by Gasteiger charge is -2.10. The molecule has 1 heterocycles. The van der Waals surface area contributed by atoms with Gasteiger partial charge in [0.15, 0.2) is 5.78 Å². The maximum atomic E-state index is 12.7. The third-order valence-corrected chi connectivity index (χ3v) is 5.02. The molecule has 0 unspecified atom stereocenters. The number of aromatic nitrogens is 1. The number of pyridine rings is 1. The fourth-order valence-electron chi connectivity index (χ4n) is 2.40. The van der Waals surface area contributed by atoms with Gasteiger partial charge >= 0.3 is 0 Å². The van der Waals surface area contributed by atoms with Gasteiger partial charge in [-0.05, 0) is 61.2 Å². The summed E-state index contributed by atoms with van der Waals surface area (Å²) in [6, 6.07) is 14.9. The first-order valence-electron chi connectivity index (χ1n) is 7.79. The lowest BCUT2D eigenvalue weighted by Crippen LogP contribution is -2.04. The van der Waals surface area contributed by atoms with Gasteiger partial charge in [0, 0.05) is 22.2 Å². The average molecular weight is 369 g/mol. The van der Waals surface area contributed by atoms with Crippen LogP contribution in [-0.2, 0) is 0 Å². The number of carbonyl (C=O) groups excluding carboxylic acids is 1. The lowest BCUT2D eigenvalue weighted by atomic mass is 9.99. The van der Waals surface area contributed by atoms with Crippen molar-refractivity contribution in [1.29, 1.82) is 0 Å². The van der Waals surface area contributed by atoms with E-state index in [1.54, 1.807) is 24.5 Å². The van der Waals surface area contributed by atoms with Crippen LogP contribution < -0.4 is 4.72 Å². The zero-order chi connectivity index (χ0) is 17.8. The Labute approximate surface area is 156 Å². The van der Waals surface area contributed by atoms with Crippen LogP contribution in [0.25, 0.3) is 0 Å². The predicted octanol–water partition coefficient (Wildman–Crippen LogP) is 5.70. The van der Waals surface area contributed by atoms with E-state index in [9.17, 15) is 4.79 Å². The SMILES string of the molecule is Cc1ccncc1NSc1ccc(C(=O)c2ccccc2C)c(Cl)c1. The largest absolute Gasteiger partial charge is 0.324 e. The van der Waals surface area contributed by atoms with Gasteiger partial charge < -0.3 is 4.72 Å². The summed E-state index contributed by atoms with van der Waals surface area (Å²) in [6.07, 6.45) is 3.54.